The molecule has 25 heavy (non-hydrogen) atoms. The third kappa shape index (κ3) is 4.00. The number of aromatic nitrogens is 4. The summed E-state index contributed by atoms with van der Waals surface area (Å²) >= 11 is 0. The summed E-state index contributed by atoms with van der Waals surface area (Å²) in [4.78, 5) is 12.3. The SMILES string of the molecule is CCOc1ccc(C(=O)NCc2nnnn2-c2ccc(C)cc2)cc1. The molecule has 0 radical (unpaired) electrons. The van der Waals surface area contributed by atoms with Crippen molar-refractivity contribution in [1.29, 1.82) is 0 Å². The number of rotatable bonds is 6. The largest absolute Gasteiger partial charge is 0.494 e. The van der Waals surface area contributed by atoms with Gasteiger partial charge < -0.3 is 10.1 Å². The summed E-state index contributed by atoms with van der Waals surface area (Å²) in [6, 6.07) is 14.8. The molecule has 128 valence electrons. The lowest BCUT2D eigenvalue weighted by atomic mass is 10.2. The van der Waals surface area contributed by atoms with Gasteiger partial charge in [-0.3, -0.25) is 4.79 Å². The lowest BCUT2D eigenvalue weighted by molar-refractivity contribution is 0.0949. The van der Waals surface area contributed by atoms with E-state index in [2.05, 4.69) is 20.8 Å². The van der Waals surface area contributed by atoms with Gasteiger partial charge in [0.25, 0.3) is 5.91 Å². The maximum absolute atomic E-state index is 12.3. The van der Waals surface area contributed by atoms with Crippen molar-refractivity contribution in [3.63, 3.8) is 0 Å². The quantitative estimate of drug-likeness (QED) is 0.746. The van der Waals surface area contributed by atoms with Gasteiger partial charge in [0.15, 0.2) is 5.82 Å². The van der Waals surface area contributed by atoms with Crippen molar-refractivity contribution >= 4 is 5.91 Å². The lowest BCUT2D eigenvalue weighted by Crippen LogP contribution is -2.24. The van der Waals surface area contributed by atoms with Crippen LogP contribution in [0.15, 0.2) is 48.5 Å². The summed E-state index contributed by atoms with van der Waals surface area (Å²) in [6.07, 6.45) is 0. The zero-order chi connectivity index (χ0) is 17.6. The van der Waals surface area contributed by atoms with Gasteiger partial charge in [0.05, 0.1) is 18.8 Å². The number of amides is 1. The topological polar surface area (TPSA) is 81.9 Å². The fourth-order valence-corrected chi connectivity index (χ4v) is 2.33. The van der Waals surface area contributed by atoms with Crippen molar-refractivity contribution in [3.8, 4) is 11.4 Å². The summed E-state index contributed by atoms with van der Waals surface area (Å²) in [7, 11) is 0. The molecular weight excluding hydrogens is 318 g/mol. The Labute approximate surface area is 145 Å². The zero-order valence-corrected chi connectivity index (χ0v) is 14.1. The number of aryl methyl sites for hydroxylation is 1. The Bertz CT molecular complexity index is 841. The van der Waals surface area contributed by atoms with Gasteiger partial charge in [-0.05, 0) is 60.7 Å². The Hall–Kier alpha value is -3.22. The Balaban J connectivity index is 1.66. The van der Waals surface area contributed by atoms with E-state index in [9.17, 15) is 4.79 Å². The fourth-order valence-electron chi connectivity index (χ4n) is 2.33. The molecule has 0 aliphatic carbocycles. The molecule has 1 amide bonds. The average molecular weight is 337 g/mol. The van der Waals surface area contributed by atoms with Crippen LogP contribution in [-0.2, 0) is 6.54 Å². The average Bonchev–Trinajstić information content (AvgIpc) is 3.10. The van der Waals surface area contributed by atoms with Gasteiger partial charge in [-0.25, -0.2) is 0 Å². The number of benzene rings is 2. The minimum absolute atomic E-state index is 0.193. The van der Waals surface area contributed by atoms with E-state index in [0.717, 1.165) is 17.0 Å². The van der Waals surface area contributed by atoms with E-state index in [1.807, 2.05) is 38.1 Å². The predicted molar refractivity (Wildman–Crippen MR) is 92.7 cm³/mol. The number of nitrogens with zero attached hydrogens (tertiary/aromatic N) is 4. The maximum Gasteiger partial charge on any atom is 0.251 e. The van der Waals surface area contributed by atoms with Crippen LogP contribution in [0.3, 0.4) is 0 Å². The first-order chi connectivity index (χ1) is 12.2. The molecule has 0 unspecified atom stereocenters. The molecule has 7 heteroatoms. The highest BCUT2D eigenvalue weighted by molar-refractivity contribution is 5.94. The number of carbonyl (C=O) groups is 1. The van der Waals surface area contributed by atoms with Gasteiger partial charge >= 0.3 is 0 Å². The minimum Gasteiger partial charge on any atom is -0.494 e. The number of ether oxygens (including phenoxy) is 1. The Kier molecular flexibility index (Phi) is 5.03. The van der Waals surface area contributed by atoms with Crippen molar-refractivity contribution in [2.75, 3.05) is 6.61 Å². The van der Waals surface area contributed by atoms with Crippen molar-refractivity contribution in [2.45, 2.75) is 20.4 Å². The van der Waals surface area contributed by atoms with Crippen LogP contribution in [0, 0.1) is 6.92 Å². The highest BCUT2D eigenvalue weighted by Gasteiger charge is 2.11. The zero-order valence-electron chi connectivity index (χ0n) is 14.1. The molecule has 3 rings (SSSR count). The van der Waals surface area contributed by atoms with Crippen LogP contribution in [0.25, 0.3) is 5.69 Å². The Morgan fingerprint density at radius 1 is 1.12 bits per heavy atom. The summed E-state index contributed by atoms with van der Waals surface area (Å²) in [5.41, 5.74) is 2.56. The van der Waals surface area contributed by atoms with Crippen molar-refractivity contribution in [3.05, 3.63) is 65.5 Å². The predicted octanol–water partition coefficient (Wildman–Crippen LogP) is 2.30. The molecule has 2 aromatic carbocycles. The van der Waals surface area contributed by atoms with Gasteiger partial charge in [0.2, 0.25) is 0 Å². The van der Waals surface area contributed by atoms with Crippen LogP contribution in [0.2, 0.25) is 0 Å². The smallest absolute Gasteiger partial charge is 0.251 e. The molecule has 0 aliphatic rings. The molecule has 0 atom stereocenters. The second kappa shape index (κ2) is 7.57. The normalized spacial score (nSPS) is 10.5. The lowest BCUT2D eigenvalue weighted by Gasteiger charge is -2.08. The van der Waals surface area contributed by atoms with Crippen LogP contribution in [0.5, 0.6) is 5.75 Å². The monoisotopic (exact) mass is 337 g/mol. The molecular formula is C18H19N5O2. The molecule has 7 nitrogen and oxygen atoms in total. The highest BCUT2D eigenvalue weighted by atomic mass is 16.5. The molecule has 0 fully saturated rings. The molecule has 1 aromatic heterocycles. The van der Waals surface area contributed by atoms with E-state index < -0.39 is 0 Å². The number of hydrogen-bond acceptors (Lipinski definition) is 5. The molecule has 1 heterocycles. The van der Waals surface area contributed by atoms with E-state index in [1.54, 1.807) is 28.9 Å². The van der Waals surface area contributed by atoms with Gasteiger partial charge in [0, 0.05) is 5.56 Å². The van der Waals surface area contributed by atoms with Crippen molar-refractivity contribution in [1.82, 2.24) is 25.5 Å². The number of nitrogens with one attached hydrogen (secondary N) is 1. The van der Waals surface area contributed by atoms with Crippen LogP contribution in [-0.4, -0.2) is 32.7 Å². The van der Waals surface area contributed by atoms with Gasteiger partial charge in [-0.1, -0.05) is 17.7 Å². The van der Waals surface area contributed by atoms with Crippen molar-refractivity contribution < 1.29 is 9.53 Å². The number of hydrogen-bond donors (Lipinski definition) is 1. The third-order valence-corrected chi connectivity index (χ3v) is 3.65. The van der Waals surface area contributed by atoms with Crippen LogP contribution >= 0.6 is 0 Å². The second-order valence-electron chi connectivity index (χ2n) is 5.48. The minimum atomic E-state index is -0.193. The highest BCUT2D eigenvalue weighted by Crippen LogP contribution is 2.12. The number of tetrazole rings is 1. The molecule has 0 spiro atoms. The maximum atomic E-state index is 12.3. The third-order valence-electron chi connectivity index (χ3n) is 3.65. The van der Waals surface area contributed by atoms with Gasteiger partial charge in [-0.2, -0.15) is 4.68 Å². The van der Waals surface area contributed by atoms with Gasteiger partial charge in [0.1, 0.15) is 5.75 Å². The van der Waals surface area contributed by atoms with E-state index in [-0.39, 0.29) is 12.5 Å². The van der Waals surface area contributed by atoms with Crippen LogP contribution in [0.4, 0.5) is 0 Å². The first-order valence-electron chi connectivity index (χ1n) is 8.02. The van der Waals surface area contributed by atoms with Crippen molar-refractivity contribution in [2.24, 2.45) is 0 Å². The summed E-state index contributed by atoms with van der Waals surface area (Å²) in [6.45, 7) is 4.75. The first-order valence-corrected chi connectivity index (χ1v) is 8.02. The molecule has 0 saturated carbocycles. The number of carbonyl (C=O) groups excluding carboxylic acids is 1. The molecule has 0 saturated heterocycles. The summed E-state index contributed by atoms with van der Waals surface area (Å²) < 4.78 is 6.98. The Morgan fingerprint density at radius 2 is 1.84 bits per heavy atom. The van der Waals surface area contributed by atoms with E-state index >= 15 is 0 Å². The second-order valence-corrected chi connectivity index (χ2v) is 5.48. The molecule has 0 bridgehead atoms. The standard InChI is InChI=1S/C18H19N5O2/c1-3-25-16-10-6-14(7-11-16)18(24)19-12-17-20-21-22-23(17)15-8-4-13(2)5-9-15/h4-11H,3,12H2,1-2H3,(H,19,24). The summed E-state index contributed by atoms with van der Waals surface area (Å²) in [5.74, 6) is 1.10. The van der Waals surface area contributed by atoms with Crippen LogP contribution < -0.4 is 10.1 Å². The molecule has 0 aliphatic heterocycles. The van der Waals surface area contributed by atoms with E-state index in [4.69, 9.17) is 4.74 Å². The first kappa shape index (κ1) is 16.6. The van der Waals surface area contributed by atoms with Crippen LogP contribution in [0.1, 0.15) is 28.7 Å². The molecule has 3 aromatic rings. The Morgan fingerprint density at radius 3 is 2.52 bits per heavy atom. The fraction of sp³-hybridized carbons (Fsp3) is 0.222. The summed E-state index contributed by atoms with van der Waals surface area (Å²) in [5, 5.41) is 14.5. The van der Waals surface area contributed by atoms with E-state index in [0.29, 0.717) is 18.0 Å². The van der Waals surface area contributed by atoms with E-state index in [1.165, 1.54) is 0 Å². The van der Waals surface area contributed by atoms with Gasteiger partial charge in [-0.15, -0.1) is 5.10 Å². The molecule has 1 N–H and O–H groups in total.